The molecule has 2 amide bonds. The molecule has 1 aromatic heterocycles. The maximum absolute atomic E-state index is 12.4. The number of nitrogens with one attached hydrogen (secondary N) is 2. The number of rotatable bonds is 6. The molecule has 174 valence electrons. The van der Waals surface area contributed by atoms with Crippen LogP contribution in [0.5, 0.6) is 0 Å². The Hall–Kier alpha value is -4.92. The molecule has 0 atom stereocenters. The van der Waals surface area contributed by atoms with Gasteiger partial charge in [-0.15, -0.1) is 0 Å². The van der Waals surface area contributed by atoms with Gasteiger partial charge in [0, 0.05) is 17.7 Å². The summed E-state index contributed by atoms with van der Waals surface area (Å²) < 4.78 is 10.5. The number of ether oxygens (including phenoxy) is 1. The largest absolute Gasteiger partial charge is 0.478 e. The van der Waals surface area contributed by atoms with E-state index >= 15 is 0 Å². The fourth-order valence-electron chi connectivity index (χ4n) is 4.07. The van der Waals surface area contributed by atoms with Crippen LogP contribution in [0.4, 0.5) is 16.4 Å². The van der Waals surface area contributed by atoms with Crippen LogP contribution in [0.25, 0.3) is 11.1 Å². The van der Waals surface area contributed by atoms with E-state index in [9.17, 15) is 14.4 Å². The third-order valence-corrected chi connectivity index (χ3v) is 5.70. The molecule has 0 spiro atoms. The summed E-state index contributed by atoms with van der Waals surface area (Å²) in [5.74, 6) is -1.79. The predicted molar refractivity (Wildman–Crippen MR) is 127 cm³/mol. The maximum Gasteiger partial charge on any atom is 0.414 e. The van der Waals surface area contributed by atoms with Gasteiger partial charge in [0.05, 0.1) is 5.56 Å². The highest BCUT2D eigenvalue weighted by atomic mass is 16.6. The quantitative estimate of drug-likeness (QED) is 0.363. The Balaban J connectivity index is 1.19. The first-order valence-corrected chi connectivity index (χ1v) is 10.7. The van der Waals surface area contributed by atoms with Crippen LogP contribution in [0.3, 0.4) is 0 Å². The van der Waals surface area contributed by atoms with Gasteiger partial charge in [-0.05, 0) is 46.5 Å². The second kappa shape index (κ2) is 9.14. The Morgan fingerprint density at radius 1 is 0.886 bits per heavy atom. The van der Waals surface area contributed by atoms with Crippen molar-refractivity contribution in [1.82, 2.24) is 5.16 Å². The summed E-state index contributed by atoms with van der Waals surface area (Å²) >= 11 is 0. The number of carbonyl (C=O) groups excluding carboxylic acids is 2. The summed E-state index contributed by atoms with van der Waals surface area (Å²) in [5.41, 5.74) is 4.85. The van der Waals surface area contributed by atoms with Crippen LogP contribution in [0.1, 0.15) is 37.9 Å². The molecule has 0 saturated carbocycles. The second-order valence-corrected chi connectivity index (χ2v) is 7.86. The lowest BCUT2D eigenvalue weighted by molar-refractivity contribution is 0.0696. The SMILES string of the molecule is O=C(Nc1cc(C(=O)Nc2ccc(C(=O)O)cc2)no1)OCC1c2ccccc2-c2ccccc21. The first kappa shape index (κ1) is 21.9. The number of anilines is 2. The number of carboxylic acids is 1. The zero-order chi connectivity index (χ0) is 24.4. The van der Waals surface area contributed by atoms with Crippen molar-refractivity contribution >= 4 is 29.5 Å². The molecule has 1 aliphatic rings. The minimum Gasteiger partial charge on any atom is -0.478 e. The van der Waals surface area contributed by atoms with Crippen LogP contribution >= 0.6 is 0 Å². The van der Waals surface area contributed by atoms with Gasteiger partial charge in [0.15, 0.2) is 5.69 Å². The van der Waals surface area contributed by atoms with Crippen LogP contribution in [-0.4, -0.2) is 34.8 Å². The molecule has 0 bridgehead atoms. The highest BCUT2D eigenvalue weighted by Gasteiger charge is 2.29. The normalized spacial score (nSPS) is 11.9. The summed E-state index contributed by atoms with van der Waals surface area (Å²) in [7, 11) is 0. The summed E-state index contributed by atoms with van der Waals surface area (Å²) in [6.07, 6.45) is -0.737. The average Bonchev–Trinajstić information content (AvgIpc) is 3.46. The second-order valence-electron chi connectivity index (χ2n) is 7.86. The molecular formula is C26H19N3O6. The number of hydrogen-bond donors (Lipinski definition) is 3. The number of aromatic carboxylic acids is 1. The first-order chi connectivity index (χ1) is 17.0. The van der Waals surface area contributed by atoms with Gasteiger partial charge in [-0.25, -0.2) is 9.59 Å². The van der Waals surface area contributed by atoms with E-state index in [1.807, 2.05) is 36.4 Å². The third-order valence-electron chi connectivity index (χ3n) is 5.70. The van der Waals surface area contributed by atoms with Gasteiger partial charge >= 0.3 is 12.1 Å². The lowest BCUT2D eigenvalue weighted by Crippen LogP contribution is -2.17. The number of fused-ring (bicyclic) bond motifs is 3. The van der Waals surface area contributed by atoms with E-state index in [-0.39, 0.29) is 29.7 Å². The number of carbonyl (C=O) groups is 3. The highest BCUT2D eigenvalue weighted by molar-refractivity contribution is 6.03. The maximum atomic E-state index is 12.4. The van der Waals surface area contributed by atoms with Gasteiger partial charge in [-0.1, -0.05) is 53.7 Å². The van der Waals surface area contributed by atoms with Crippen molar-refractivity contribution in [3.8, 4) is 11.1 Å². The molecule has 3 N–H and O–H groups in total. The lowest BCUT2D eigenvalue weighted by Gasteiger charge is -2.13. The number of nitrogens with zero attached hydrogens (tertiary/aromatic N) is 1. The van der Waals surface area contributed by atoms with Crippen LogP contribution < -0.4 is 10.6 Å². The smallest absolute Gasteiger partial charge is 0.414 e. The van der Waals surface area contributed by atoms with Gasteiger partial charge in [-0.3, -0.25) is 10.1 Å². The molecule has 0 aliphatic heterocycles. The zero-order valence-corrected chi connectivity index (χ0v) is 18.2. The fraction of sp³-hybridized carbons (Fsp3) is 0.0769. The Labute approximate surface area is 199 Å². The van der Waals surface area contributed by atoms with Crippen molar-refractivity contribution < 1.29 is 28.8 Å². The molecule has 35 heavy (non-hydrogen) atoms. The van der Waals surface area contributed by atoms with Crippen molar-refractivity contribution in [2.24, 2.45) is 0 Å². The van der Waals surface area contributed by atoms with E-state index in [1.54, 1.807) is 0 Å². The van der Waals surface area contributed by atoms with E-state index in [0.717, 1.165) is 22.3 Å². The summed E-state index contributed by atoms with van der Waals surface area (Å²) in [6, 6.07) is 22.9. The average molecular weight is 469 g/mol. The molecule has 0 fully saturated rings. The van der Waals surface area contributed by atoms with Crippen molar-refractivity contribution in [2.75, 3.05) is 17.2 Å². The molecule has 1 aliphatic carbocycles. The van der Waals surface area contributed by atoms with E-state index < -0.39 is 18.0 Å². The van der Waals surface area contributed by atoms with Gasteiger partial charge in [0.2, 0.25) is 5.88 Å². The number of carboxylic acid groups (broad SMARTS) is 1. The van der Waals surface area contributed by atoms with Gasteiger partial charge in [0.1, 0.15) is 6.61 Å². The highest BCUT2D eigenvalue weighted by Crippen LogP contribution is 2.44. The van der Waals surface area contributed by atoms with E-state index in [4.69, 9.17) is 14.4 Å². The van der Waals surface area contributed by atoms with E-state index in [1.165, 1.54) is 30.3 Å². The Morgan fingerprint density at radius 3 is 2.14 bits per heavy atom. The van der Waals surface area contributed by atoms with Crippen molar-refractivity contribution in [1.29, 1.82) is 0 Å². The van der Waals surface area contributed by atoms with Gasteiger partial charge < -0.3 is 19.7 Å². The van der Waals surface area contributed by atoms with E-state index in [2.05, 4.69) is 27.9 Å². The fourth-order valence-corrected chi connectivity index (χ4v) is 4.07. The lowest BCUT2D eigenvalue weighted by atomic mass is 9.98. The van der Waals surface area contributed by atoms with Crippen LogP contribution in [-0.2, 0) is 4.74 Å². The monoisotopic (exact) mass is 469 g/mol. The number of amides is 2. The molecule has 9 nitrogen and oxygen atoms in total. The van der Waals surface area contributed by atoms with Crippen molar-refractivity contribution in [3.05, 3.63) is 101 Å². The molecule has 0 radical (unpaired) electrons. The topological polar surface area (TPSA) is 131 Å². The Morgan fingerprint density at radius 2 is 1.51 bits per heavy atom. The molecular weight excluding hydrogens is 450 g/mol. The summed E-state index contributed by atoms with van der Waals surface area (Å²) in [4.78, 5) is 35.7. The van der Waals surface area contributed by atoms with Crippen LogP contribution in [0.2, 0.25) is 0 Å². The van der Waals surface area contributed by atoms with Crippen LogP contribution in [0.15, 0.2) is 83.4 Å². The molecule has 9 heteroatoms. The van der Waals surface area contributed by atoms with Crippen molar-refractivity contribution in [2.45, 2.75) is 5.92 Å². The zero-order valence-electron chi connectivity index (χ0n) is 18.2. The van der Waals surface area contributed by atoms with Crippen molar-refractivity contribution in [3.63, 3.8) is 0 Å². The summed E-state index contributed by atoms with van der Waals surface area (Å²) in [6.45, 7) is 0.133. The van der Waals surface area contributed by atoms with Gasteiger partial charge in [0.25, 0.3) is 5.91 Å². The van der Waals surface area contributed by atoms with Crippen LogP contribution in [0, 0.1) is 0 Å². The molecule has 0 unspecified atom stereocenters. The molecule has 3 aromatic carbocycles. The standard InChI is InChI=1S/C26H19N3O6/c30-24(27-16-11-9-15(10-12-16)25(31)32)22-13-23(35-29-22)28-26(33)34-14-21-19-7-3-1-5-17(19)18-6-2-4-8-20(18)21/h1-13,21H,14H2,(H,27,30)(H,28,33)(H,31,32). The first-order valence-electron chi connectivity index (χ1n) is 10.7. The minimum atomic E-state index is -1.07. The van der Waals surface area contributed by atoms with Gasteiger partial charge in [-0.2, -0.15) is 0 Å². The number of hydrogen-bond acceptors (Lipinski definition) is 6. The molecule has 0 saturated heterocycles. The number of benzene rings is 3. The van der Waals surface area contributed by atoms with E-state index in [0.29, 0.717) is 5.69 Å². The Kier molecular flexibility index (Phi) is 5.72. The minimum absolute atomic E-state index is 0.0476. The molecule has 1 heterocycles. The molecule has 4 aromatic rings. The Bertz CT molecular complexity index is 1380. The molecule has 5 rings (SSSR count). The number of aromatic nitrogens is 1. The predicted octanol–water partition coefficient (Wildman–Crippen LogP) is 4.99. The summed E-state index contributed by atoms with van der Waals surface area (Å²) in [5, 5.41) is 17.6. The third kappa shape index (κ3) is 4.47.